The number of hydrogen-bond acceptors (Lipinski definition) is 5. The lowest BCUT2D eigenvalue weighted by molar-refractivity contribution is -0.115. The Kier molecular flexibility index (Phi) is 5.55. The van der Waals surface area contributed by atoms with Crippen molar-refractivity contribution >= 4 is 23.4 Å². The maximum Gasteiger partial charge on any atom is 0.237 e. The van der Waals surface area contributed by atoms with Crippen LogP contribution in [0.5, 0.6) is 0 Å². The fourth-order valence-corrected chi connectivity index (χ4v) is 3.98. The zero-order valence-corrected chi connectivity index (χ0v) is 15.3. The number of thioether (sulfide) groups is 1. The van der Waals surface area contributed by atoms with Gasteiger partial charge in [-0.15, -0.1) is 0 Å². The number of nitrogens with one attached hydrogen (secondary N) is 1. The Morgan fingerprint density at radius 3 is 2.77 bits per heavy atom. The van der Waals surface area contributed by atoms with E-state index in [1.54, 1.807) is 24.3 Å². The Labute approximate surface area is 157 Å². The SMILES string of the molecule is CCC(Sc1nc2c(cc1C#N)CCC2)C(=O)Nc1ccccc1C#N. The first-order valence-corrected chi connectivity index (χ1v) is 9.43. The second-order valence-corrected chi connectivity index (χ2v) is 7.27. The van der Waals surface area contributed by atoms with E-state index in [1.165, 1.54) is 11.8 Å². The lowest BCUT2D eigenvalue weighted by Gasteiger charge is -2.16. The van der Waals surface area contributed by atoms with Gasteiger partial charge in [0.05, 0.1) is 22.1 Å². The molecule has 2 aromatic rings. The van der Waals surface area contributed by atoms with Crippen LogP contribution in [0.2, 0.25) is 0 Å². The highest BCUT2D eigenvalue weighted by Crippen LogP contribution is 2.32. The molecule has 0 saturated heterocycles. The van der Waals surface area contributed by atoms with E-state index in [-0.39, 0.29) is 11.2 Å². The molecule has 1 N–H and O–H groups in total. The molecule has 5 nitrogen and oxygen atoms in total. The normalized spacial score (nSPS) is 13.3. The maximum atomic E-state index is 12.7. The molecule has 6 heteroatoms. The zero-order chi connectivity index (χ0) is 18.5. The van der Waals surface area contributed by atoms with Crippen LogP contribution in [0.1, 0.15) is 42.1 Å². The third-order valence-electron chi connectivity index (χ3n) is 4.36. The number of amides is 1. The van der Waals surface area contributed by atoms with Crippen molar-refractivity contribution in [3.63, 3.8) is 0 Å². The van der Waals surface area contributed by atoms with Gasteiger partial charge in [0.1, 0.15) is 17.2 Å². The molecule has 1 aliphatic carbocycles. The second kappa shape index (κ2) is 8.03. The smallest absolute Gasteiger partial charge is 0.237 e. The van der Waals surface area contributed by atoms with E-state index in [9.17, 15) is 10.1 Å². The lowest BCUT2D eigenvalue weighted by Crippen LogP contribution is -2.25. The molecule has 1 atom stereocenters. The number of para-hydroxylation sites is 1. The molecule has 1 unspecified atom stereocenters. The van der Waals surface area contributed by atoms with Crippen molar-refractivity contribution in [1.82, 2.24) is 4.98 Å². The van der Waals surface area contributed by atoms with E-state index < -0.39 is 0 Å². The molecule has 1 aromatic heterocycles. The first-order valence-electron chi connectivity index (χ1n) is 8.55. The highest BCUT2D eigenvalue weighted by Gasteiger charge is 2.23. The Morgan fingerprint density at radius 1 is 1.27 bits per heavy atom. The summed E-state index contributed by atoms with van der Waals surface area (Å²) < 4.78 is 0. The number of anilines is 1. The summed E-state index contributed by atoms with van der Waals surface area (Å²) in [4.78, 5) is 17.3. The molecule has 0 spiro atoms. The average Bonchev–Trinajstić information content (AvgIpc) is 3.12. The molecule has 1 aliphatic rings. The summed E-state index contributed by atoms with van der Waals surface area (Å²) in [6, 6.07) is 13.1. The summed E-state index contributed by atoms with van der Waals surface area (Å²) >= 11 is 1.32. The fraction of sp³-hybridized carbons (Fsp3) is 0.300. The number of aryl methyl sites for hydroxylation is 2. The maximum absolute atomic E-state index is 12.7. The van der Waals surface area contributed by atoms with E-state index in [0.29, 0.717) is 28.3 Å². The highest BCUT2D eigenvalue weighted by molar-refractivity contribution is 8.00. The number of fused-ring (bicyclic) bond motifs is 1. The highest BCUT2D eigenvalue weighted by atomic mass is 32.2. The molecule has 130 valence electrons. The van der Waals surface area contributed by atoms with Gasteiger partial charge in [-0.3, -0.25) is 4.79 Å². The van der Waals surface area contributed by atoms with Crippen LogP contribution < -0.4 is 5.32 Å². The van der Waals surface area contributed by atoms with Crippen molar-refractivity contribution in [2.45, 2.75) is 42.9 Å². The van der Waals surface area contributed by atoms with Gasteiger partial charge in [-0.1, -0.05) is 30.8 Å². The van der Waals surface area contributed by atoms with Crippen molar-refractivity contribution in [3.05, 3.63) is 52.7 Å². The number of aromatic nitrogens is 1. The van der Waals surface area contributed by atoms with E-state index in [4.69, 9.17) is 5.26 Å². The summed E-state index contributed by atoms with van der Waals surface area (Å²) in [6.45, 7) is 1.92. The molecule has 0 aliphatic heterocycles. The number of carbonyl (C=O) groups excluding carboxylic acids is 1. The molecule has 26 heavy (non-hydrogen) atoms. The second-order valence-electron chi connectivity index (χ2n) is 6.07. The predicted octanol–water partition coefficient (Wildman–Crippen LogP) is 3.82. The molecule has 0 radical (unpaired) electrons. The molecular weight excluding hydrogens is 344 g/mol. The quantitative estimate of drug-likeness (QED) is 0.817. The van der Waals surface area contributed by atoms with E-state index in [2.05, 4.69) is 22.4 Å². The van der Waals surface area contributed by atoms with Gasteiger partial charge in [0, 0.05) is 5.69 Å². The Morgan fingerprint density at radius 2 is 2.04 bits per heavy atom. The molecule has 0 fully saturated rings. The molecule has 0 saturated carbocycles. The number of pyridine rings is 1. The summed E-state index contributed by atoms with van der Waals surface area (Å²) in [5.41, 5.74) is 3.64. The number of hydrogen-bond donors (Lipinski definition) is 1. The molecule has 1 heterocycles. The van der Waals surface area contributed by atoms with Crippen molar-refractivity contribution in [2.24, 2.45) is 0 Å². The fourth-order valence-electron chi connectivity index (χ4n) is 2.98. The van der Waals surface area contributed by atoms with Crippen LogP contribution in [-0.4, -0.2) is 16.1 Å². The predicted molar refractivity (Wildman–Crippen MR) is 101 cm³/mol. The largest absolute Gasteiger partial charge is 0.324 e. The minimum atomic E-state index is -0.388. The lowest BCUT2D eigenvalue weighted by atomic mass is 10.2. The van der Waals surface area contributed by atoms with Gasteiger partial charge < -0.3 is 5.32 Å². The first-order chi connectivity index (χ1) is 12.7. The number of nitriles is 2. The first kappa shape index (κ1) is 18.0. The third-order valence-corrected chi connectivity index (χ3v) is 5.73. The summed E-state index contributed by atoms with van der Waals surface area (Å²) in [6.07, 6.45) is 3.54. The van der Waals surface area contributed by atoms with Crippen molar-refractivity contribution < 1.29 is 4.79 Å². The molecular formula is C20H18N4OS. The third kappa shape index (κ3) is 3.71. The van der Waals surface area contributed by atoms with E-state index in [1.807, 2.05) is 13.0 Å². The molecule has 1 aromatic carbocycles. The summed E-state index contributed by atoms with van der Waals surface area (Å²) in [5.74, 6) is -0.189. The van der Waals surface area contributed by atoms with Gasteiger partial charge in [-0.25, -0.2) is 4.98 Å². The Hall–Kier alpha value is -2.83. The van der Waals surface area contributed by atoms with Crippen LogP contribution >= 0.6 is 11.8 Å². The van der Waals surface area contributed by atoms with Gasteiger partial charge >= 0.3 is 0 Å². The van der Waals surface area contributed by atoms with Crippen LogP contribution in [-0.2, 0) is 17.6 Å². The zero-order valence-electron chi connectivity index (χ0n) is 14.5. The Bertz CT molecular complexity index is 926. The van der Waals surface area contributed by atoms with Gasteiger partial charge in [-0.05, 0) is 49.4 Å². The number of carbonyl (C=O) groups is 1. The number of nitrogens with zero attached hydrogens (tertiary/aromatic N) is 3. The minimum Gasteiger partial charge on any atom is -0.324 e. The molecule has 3 rings (SSSR count). The van der Waals surface area contributed by atoms with Crippen LogP contribution in [0, 0.1) is 22.7 Å². The standard InChI is InChI=1S/C20H18N4OS/c1-2-18(19(25)23-17-8-4-3-6-14(17)11-21)26-20-15(12-22)10-13-7-5-9-16(13)24-20/h3-4,6,8,10,18H,2,5,7,9H2,1H3,(H,23,25). The minimum absolute atomic E-state index is 0.189. The van der Waals surface area contributed by atoms with Crippen LogP contribution in [0.4, 0.5) is 5.69 Å². The topological polar surface area (TPSA) is 89.6 Å². The van der Waals surface area contributed by atoms with Crippen LogP contribution in [0.3, 0.4) is 0 Å². The van der Waals surface area contributed by atoms with Crippen LogP contribution in [0.15, 0.2) is 35.4 Å². The van der Waals surface area contributed by atoms with Crippen molar-refractivity contribution in [2.75, 3.05) is 5.32 Å². The van der Waals surface area contributed by atoms with Gasteiger partial charge in [-0.2, -0.15) is 10.5 Å². The summed E-state index contributed by atoms with van der Waals surface area (Å²) in [7, 11) is 0. The molecule has 0 bridgehead atoms. The van der Waals surface area contributed by atoms with Crippen molar-refractivity contribution in [1.29, 1.82) is 10.5 Å². The van der Waals surface area contributed by atoms with Gasteiger partial charge in [0.25, 0.3) is 0 Å². The van der Waals surface area contributed by atoms with Crippen LogP contribution in [0.25, 0.3) is 0 Å². The van der Waals surface area contributed by atoms with Gasteiger partial charge in [0.15, 0.2) is 0 Å². The average molecular weight is 362 g/mol. The Balaban J connectivity index is 1.81. The van der Waals surface area contributed by atoms with Gasteiger partial charge in [0.2, 0.25) is 5.91 Å². The van der Waals surface area contributed by atoms with E-state index >= 15 is 0 Å². The molecule has 1 amide bonds. The van der Waals surface area contributed by atoms with E-state index in [0.717, 1.165) is 30.5 Å². The summed E-state index contributed by atoms with van der Waals surface area (Å²) in [5, 5.41) is 21.7. The van der Waals surface area contributed by atoms with Crippen molar-refractivity contribution in [3.8, 4) is 12.1 Å². The number of benzene rings is 1. The number of rotatable bonds is 5. The monoisotopic (exact) mass is 362 g/mol.